The predicted octanol–water partition coefficient (Wildman–Crippen LogP) is 0.159. The molecule has 16 heavy (non-hydrogen) atoms. The molecule has 2 heterocycles. The van der Waals surface area contributed by atoms with Gasteiger partial charge in [0.15, 0.2) is 5.82 Å². The molecule has 6 N–H and O–H groups in total. The number of hydrogen-bond donors (Lipinski definition) is 4. The number of amides is 1. The van der Waals surface area contributed by atoms with E-state index < -0.39 is 5.91 Å². The molecule has 0 saturated carbocycles. The van der Waals surface area contributed by atoms with Crippen molar-refractivity contribution in [2.24, 2.45) is 5.73 Å². The minimum absolute atomic E-state index is 0.157. The van der Waals surface area contributed by atoms with Gasteiger partial charge in [-0.3, -0.25) is 4.79 Å². The predicted molar refractivity (Wildman–Crippen MR) is 61.0 cm³/mol. The first-order chi connectivity index (χ1) is 7.68. The van der Waals surface area contributed by atoms with E-state index >= 15 is 0 Å². The fraction of sp³-hybridized carbons (Fsp3) is 0.125. The fourth-order valence-corrected chi connectivity index (χ4v) is 1.93. The van der Waals surface area contributed by atoms with Gasteiger partial charge in [-0.05, 0) is 11.5 Å². The maximum Gasteiger partial charge on any atom is 0.255 e. The molecule has 0 bridgehead atoms. The molecule has 0 aliphatic rings. The van der Waals surface area contributed by atoms with Crippen molar-refractivity contribution in [3.05, 3.63) is 23.8 Å². The van der Waals surface area contributed by atoms with Gasteiger partial charge in [0, 0.05) is 6.20 Å². The summed E-state index contributed by atoms with van der Waals surface area (Å²) in [5, 5.41) is 3.59. The number of hydrogen-bond acceptors (Lipinski definition) is 6. The van der Waals surface area contributed by atoms with Gasteiger partial charge in [-0.2, -0.15) is 4.37 Å². The number of nitrogens with zero attached hydrogens (tertiary/aromatic N) is 2. The number of nitrogens with two attached hydrogens (primary N) is 2. The molecule has 1 amide bonds. The summed E-state index contributed by atoms with van der Waals surface area (Å²) in [6.07, 6.45) is 3.26. The number of nitrogen functional groups attached to an aromatic ring is 1. The van der Waals surface area contributed by atoms with Gasteiger partial charge in [0.2, 0.25) is 0 Å². The molecule has 0 spiro atoms. The smallest absolute Gasteiger partial charge is 0.255 e. The third kappa shape index (κ3) is 1.96. The average molecular weight is 238 g/mol. The molecule has 8 heteroatoms. The summed E-state index contributed by atoms with van der Waals surface area (Å²) in [5.74, 6) is -0.428. The molecule has 0 aromatic carbocycles. The molecule has 84 valence electrons. The number of rotatable bonds is 4. The highest BCUT2D eigenvalue weighted by Gasteiger charge is 2.16. The monoisotopic (exact) mass is 238 g/mol. The number of aromatic nitrogens is 3. The van der Waals surface area contributed by atoms with Crippen molar-refractivity contribution in [2.45, 2.75) is 6.54 Å². The molecule has 0 fully saturated rings. The highest BCUT2D eigenvalue weighted by Crippen LogP contribution is 2.26. The molecular formula is C8H10N6OS. The van der Waals surface area contributed by atoms with Crippen molar-refractivity contribution in [2.75, 3.05) is 11.1 Å². The van der Waals surface area contributed by atoms with Crippen LogP contribution in [-0.2, 0) is 6.54 Å². The molecule has 0 radical (unpaired) electrons. The third-order valence-electron chi connectivity index (χ3n) is 1.96. The van der Waals surface area contributed by atoms with E-state index in [0.717, 1.165) is 17.2 Å². The second-order valence-electron chi connectivity index (χ2n) is 3.07. The van der Waals surface area contributed by atoms with Gasteiger partial charge in [0.25, 0.3) is 5.91 Å². The van der Waals surface area contributed by atoms with E-state index in [-0.39, 0.29) is 11.4 Å². The summed E-state index contributed by atoms with van der Waals surface area (Å²) in [7, 11) is 0. The number of carbonyl (C=O) groups is 1. The van der Waals surface area contributed by atoms with Gasteiger partial charge < -0.3 is 21.8 Å². The molecule has 7 nitrogen and oxygen atoms in total. The van der Waals surface area contributed by atoms with Crippen molar-refractivity contribution >= 4 is 28.3 Å². The van der Waals surface area contributed by atoms with Gasteiger partial charge in [-0.1, -0.05) is 0 Å². The van der Waals surface area contributed by atoms with Gasteiger partial charge in [0.05, 0.1) is 18.6 Å². The van der Waals surface area contributed by atoms with Gasteiger partial charge in [0.1, 0.15) is 10.6 Å². The van der Waals surface area contributed by atoms with Crippen LogP contribution >= 0.6 is 11.5 Å². The molecular weight excluding hydrogens is 228 g/mol. The number of primary amides is 1. The minimum Gasteiger partial charge on any atom is -0.382 e. The van der Waals surface area contributed by atoms with Crippen LogP contribution in [0.2, 0.25) is 0 Å². The Hall–Kier alpha value is -2.09. The van der Waals surface area contributed by atoms with E-state index in [2.05, 4.69) is 19.7 Å². The third-order valence-corrected chi connectivity index (χ3v) is 2.78. The van der Waals surface area contributed by atoms with E-state index in [1.54, 1.807) is 12.5 Å². The highest BCUT2D eigenvalue weighted by atomic mass is 32.1. The molecule has 0 atom stereocenters. The molecule has 0 saturated heterocycles. The summed E-state index contributed by atoms with van der Waals surface area (Å²) in [6, 6.07) is 0. The van der Waals surface area contributed by atoms with E-state index in [4.69, 9.17) is 11.5 Å². The van der Waals surface area contributed by atoms with Crippen LogP contribution in [0, 0.1) is 0 Å². The van der Waals surface area contributed by atoms with Gasteiger partial charge in [-0.25, -0.2) is 4.98 Å². The van der Waals surface area contributed by atoms with Gasteiger partial charge >= 0.3 is 0 Å². The summed E-state index contributed by atoms with van der Waals surface area (Å²) < 4.78 is 3.87. The Kier molecular flexibility index (Phi) is 2.73. The number of carbonyl (C=O) groups excluding carboxylic acids is 1. The van der Waals surface area contributed by atoms with Gasteiger partial charge in [-0.15, -0.1) is 0 Å². The van der Waals surface area contributed by atoms with Crippen LogP contribution in [0.15, 0.2) is 12.5 Å². The van der Waals surface area contributed by atoms with E-state index in [1.165, 1.54) is 0 Å². The molecule has 2 rings (SSSR count). The standard InChI is InChI=1S/C8H10N6OS/c9-6-5(7(10)15)8(16-14-6)12-2-4-1-11-3-13-4/h1,3,12H,2H2,(H2,9,14)(H2,10,15)(H,11,13). The Morgan fingerprint density at radius 2 is 2.44 bits per heavy atom. The maximum absolute atomic E-state index is 11.1. The second kappa shape index (κ2) is 4.19. The topological polar surface area (TPSA) is 123 Å². The SMILES string of the molecule is NC(=O)c1c(N)nsc1NCc1cnc[nH]1. The van der Waals surface area contributed by atoms with Crippen LogP contribution in [0.1, 0.15) is 16.1 Å². The van der Waals surface area contributed by atoms with Crippen molar-refractivity contribution in [3.8, 4) is 0 Å². The summed E-state index contributed by atoms with van der Waals surface area (Å²) in [5.41, 5.74) is 11.9. The summed E-state index contributed by atoms with van der Waals surface area (Å²) >= 11 is 1.11. The molecule has 2 aromatic rings. The first kappa shape index (κ1) is 10.4. The first-order valence-corrected chi connectivity index (χ1v) is 5.22. The lowest BCUT2D eigenvalue weighted by Gasteiger charge is -2.02. The van der Waals surface area contributed by atoms with Crippen LogP contribution in [0.3, 0.4) is 0 Å². The highest BCUT2D eigenvalue weighted by molar-refractivity contribution is 7.11. The van der Waals surface area contributed by atoms with Crippen molar-refractivity contribution in [3.63, 3.8) is 0 Å². The second-order valence-corrected chi connectivity index (χ2v) is 3.84. The molecule has 0 aliphatic heterocycles. The largest absolute Gasteiger partial charge is 0.382 e. The number of nitrogens with one attached hydrogen (secondary N) is 2. The van der Waals surface area contributed by atoms with Crippen molar-refractivity contribution in [1.82, 2.24) is 14.3 Å². The van der Waals surface area contributed by atoms with Crippen molar-refractivity contribution in [1.29, 1.82) is 0 Å². The zero-order valence-electron chi connectivity index (χ0n) is 8.23. The Balaban J connectivity index is 2.13. The summed E-state index contributed by atoms with van der Waals surface area (Å²) in [4.78, 5) is 17.9. The Bertz CT molecular complexity index is 491. The minimum atomic E-state index is -0.585. The molecule has 2 aromatic heterocycles. The molecule has 0 aliphatic carbocycles. The number of anilines is 2. The van der Waals surface area contributed by atoms with Crippen LogP contribution in [0.4, 0.5) is 10.8 Å². The lowest BCUT2D eigenvalue weighted by molar-refractivity contribution is 0.100. The van der Waals surface area contributed by atoms with Crippen molar-refractivity contribution < 1.29 is 4.79 Å². The normalized spacial score (nSPS) is 10.2. The average Bonchev–Trinajstić information content (AvgIpc) is 2.83. The van der Waals surface area contributed by atoms with Crippen LogP contribution in [0.5, 0.6) is 0 Å². The summed E-state index contributed by atoms with van der Waals surface area (Å²) in [6.45, 7) is 0.502. The maximum atomic E-state index is 11.1. The van der Waals surface area contributed by atoms with Crippen LogP contribution < -0.4 is 16.8 Å². The van der Waals surface area contributed by atoms with Crippen LogP contribution in [0.25, 0.3) is 0 Å². The zero-order valence-corrected chi connectivity index (χ0v) is 9.04. The number of aromatic amines is 1. The lowest BCUT2D eigenvalue weighted by Crippen LogP contribution is -2.14. The quantitative estimate of drug-likeness (QED) is 0.604. The first-order valence-electron chi connectivity index (χ1n) is 4.44. The number of H-pyrrole nitrogens is 1. The van der Waals surface area contributed by atoms with E-state index in [0.29, 0.717) is 11.5 Å². The molecule has 0 unspecified atom stereocenters. The zero-order chi connectivity index (χ0) is 11.5. The van der Waals surface area contributed by atoms with Crippen LogP contribution in [-0.4, -0.2) is 20.2 Å². The fourth-order valence-electron chi connectivity index (χ4n) is 1.22. The Morgan fingerprint density at radius 1 is 1.62 bits per heavy atom. The van der Waals surface area contributed by atoms with E-state index in [1.807, 2.05) is 0 Å². The van der Waals surface area contributed by atoms with E-state index in [9.17, 15) is 4.79 Å². The Morgan fingerprint density at radius 3 is 3.06 bits per heavy atom. The lowest BCUT2D eigenvalue weighted by atomic mass is 10.3. The Labute approximate surface area is 95.0 Å². The number of imidazole rings is 1.